The Kier molecular flexibility index (Phi) is 2.68. The first-order valence-electron chi connectivity index (χ1n) is 3.85. The van der Waals surface area contributed by atoms with E-state index in [4.69, 9.17) is 5.26 Å². The molecule has 0 aromatic heterocycles. The first-order valence-corrected chi connectivity index (χ1v) is 3.85. The van der Waals surface area contributed by atoms with Crippen LogP contribution in [0.3, 0.4) is 0 Å². The summed E-state index contributed by atoms with van der Waals surface area (Å²) in [6.07, 6.45) is 3.39. The van der Waals surface area contributed by atoms with Crippen LogP contribution in [0.1, 0.15) is 32.1 Å². The van der Waals surface area contributed by atoms with E-state index < -0.39 is 6.17 Å². The number of hydrogen-bond donors (Lipinski definition) is 0. The maximum atomic E-state index is 12.9. The molecule has 0 bridgehead atoms. The Labute approximate surface area is 60.8 Å². The van der Waals surface area contributed by atoms with E-state index >= 15 is 0 Å². The summed E-state index contributed by atoms with van der Waals surface area (Å²) in [6, 6.07) is 2.03. The van der Waals surface area contributed by atoms with E-state index in [1.165, 1.54) is 0 Å². The number of halogens is 1. The van der Waals surface area contributed by atoms with E-state index in [2.05, 4.69) is 0 Å². The second-order valence-electron chi connectivity index (χ2n) is 2.92. The Morgan fingerprint density at radius 2 is 2.10 bits per heavy atom. The molecule has 2 unspecified atom stereocenters. The fourth-order valence-corrected chi connectivity index (χ4v) is 1.51. The first-order chi connectivity index (χ1) is 4.84. The molecule has 1 fully saturated rings. The molecule has 0 aliphatic heterocycles. The molecular weight excluding hydrogens is 129 g/mol. The average molecular weight is 141 g/mol. The van der Waals surface area contributed by atoms with Gasteiger partial charge in [0.05, 0.1) is 6.07 Å². The van der Waals surface area contributed by atoms with Crippen molar-refractivity contribution in [2.75, 3.05) is 0 Å². The Hall–Kier alpha value is -0.580. The highest BCUT2D eigenvalue weighted by atomic mass is 19.1. The molecule has 2 heteroatoms. The van der Waals surface area contributed by atoms with Gasteiger partial charge in [0, 0.05) is 12.3 Å². The fraction of sp³-hybridized carbons (Fsp3) is 0.875. The first kappa shape index (κ1) is 7.53. The van der Waals surface area contributed by atoms with Crippen molar-refractivity contribution in [1.82, 2.24) is 0 Å². The van der Waals surface area contributed by atoms with Crippen LogP contribution in [0, 0.1) is 17.2 Å². The summed E-state index contributed by atoms with van der Waals surface area (Å²) in [5.41, 5.74) is 0. The molecule has 1 rings (SSSR count). The maximum Gasteiger partial charge on any atom is 0.104 e. The number of rotatable bonds is 1. The van der Waals surface area contributed by atoms with Crippen LogP contribution in [0.4, 0.5) is 4.39 Å². The van der Waals surface area contributed by atoms with E-state index in [9.17, 15) is 4.39 Å². The number of hydrogen-bond acceptors (Lipinski definition) is 1. The van der Waals surface area contributed by atoms with E-state index in [0.29, 0.717) is 12.8 Å². The third-order valence-corrected chi connectivity index (χ3v) is 2.17. The zero-order valence-electron chi connectivity index (χ0n) is 6.02. The molecule has 0 spiro atoms. The number of nitrogens with zero attached hydrogens (tertiary/aromatic N) is 1. The molecule has 2 atom stereocenters. The molecule has 0 N–H and O–H groups in total. The van der Waals surface area contributed by atoms with Crippen LogP contribution in [-0.2, 0) is 0 Å². The lowest BCUT2D eigenvalue weighted by molar-refractivity contribution is 0.169. The summed E-state index contributed by atoms with van der Waals surface area (Å²) in [7, 11) is 0. The van der Waals surface area contributed by atoms with Crippen molar-refractivity contribution in [3.63, 3.8) is 0 Å². The van der Waals surface area contributed by atoms with E-state index in [-0.39, 0.29) is 5.92 Å². The molecule has 0 aromatic rings. The minimum Gasteiger partial charge on any atom is -0.247 e. The maximum absolute atomic E-state index is 12.9. The fourth-order valence-electron chi connectivity index (χ4n) is 1.51. The van der Waals surface area contributed by atoms with Crippen LogP contribution in [0.2, 0.25) is 0 Å². The third-order valence-electron chi connectivity index (χ3n) is 2.17. The normalized spacial score (nSPS) is 33.2. The SMILES string of the molecule is N#CCC1CCCCC1F. The lowest BCUT2D eigenvalue weighted by atomic mass is 9.86. The quantitative estimate of drug-likeness (QED) is 0.550. The molecular formula is C8H12FN. The molecule has 0 saturated heterocycles. The Morgan fingerprint density at radius 3 is 2.70 bits per heavy atom. The van der Waals surface area contributed by atoms with Crippen LogP contribution >= 0.6 is 0 Å². The van der Waals surface area contributed by atoms with Crippen LogP contribution in [0.25, 0.3) is 0 Å². The molecule has 10 heavy (non-hydrogen) atoms. The van der Waals surface area contributed by atoms with Crippen molar-refractivity contribution in [3.8, 4) is 6.07 Å². The minimum atomic E-state index is -0.701. The summed E-state index contributed by atoms with van der Waals surface area (Å²) < 4.78 is 12.9. The molecule has 0 aromatic carbocycles. The summed E-state index contributed by atoms with van der Waals surface area (Å²) in [5, 5.41) is 8.32. The Balaban J connectivity index is 2.34. The van der Waals surface area contributed by atoms with E-state index in [0.717, 1.165) is 19.3 Å². The number of alkyl halides is 1. The van der Waals surface area contributed by atoms with Gasteiger partial charge >= 0.3 is 0 Å². The standard InChI is InChI=1S/C8H12FN/c9-8-4-2-1-3-7(8)5-6-10/h7-8H,1-5H2. The third kappa shape index (κ3) is 1.70. The Bertz CT molecular complexity index is 139. The predicted octanol–water partition coefficient (Wildman–Crippen LogP) is 2.43. The van der Waals surface area contributed by atoms with Crippen molar-refractivity contribution in [2.24, 2.45) is 5.92 Å². The van der Waals surface area contributed by atoms with Gasteiger partial charge in [-0.15, -0.1) is 0 Å². The molecule has 0 heterocycles. The highest BCUT2D eigenvalue weighted by Crippen LogP contribution is 2.28. The van der Waals surface area contributed by atoms with Crippen molar-refractivity contribution < 1.29 is 4.39 Å². The molecule has 0 amide bonds. The van der Waals surface area contributed by atoms with Gasteiger partial charge in [-0.25, -0.2) is 4.39 Å². The molecule has 0 radical (unpaired) electrons. The highest BCUT2D eigenvalue weighted by molar-refractivity contribution is 4.83. The molecule has 1 nitrogen and oxygen atoms in total. The van der Waals surface area contributed by atoms with Crippen LogP contribution < -0.4 is 0 Å². The number of nitriles is 1. The molecule has 56 valence electrons. The highest BCUT2D eigenvalue weighted by Gasteiger charge is 2.23. The molecule has 1 aliphatic rings. The summed E-state index contributed by atoms with van der Waals surface area (Å²) in [4.78, 5) is 0. The van der Waals surface area contributed by atoms with Gasteiger partial charge in [0.15, 0.2) is 0 Å². The lowest BCUT2D eigenvalue weighted by Crippen LogP contribution is -2.19. The van der Waals surface area contributed by atoms with Crippen molar-refractivity contribution in [2.45, 2.75) is 38.3 Å². The van der Waals surface area contributed by atoms with Gasteiger partial charge in [0.2, 0.25) is 0 Å². The van der Waals surface area contributed by atoms with Gasteiger partial charge in [-0.2, -0.15) is 5.26 Å². The summed E-state index contributed by atoms with van der Waals surface area (Å²) >= 11 is 0. The largest absolute Gasteiger partial charge is 0.247 e. The van der Waals surface area contributed by atoms with Crippen LogP contribution in [-0.4, -0.2) is 6.17 Å². The van der Waals surface area contributed by atoms with Crippen molar-refractivity contribution in [3.05, 3.63) is 0 Å². The van der Waals surface area contributed by atoms with Gasteiger partial charge in [0.25, 0.3) is 0 Å². The summed E-state index contributed by atoms with van der Waals surface area (Å²) in [6.45, 7) is 0. The smallest absolute Gasteiger partial charge is 0.104 e. The van der Waals surface area contributed by atoms with Crippen LogP contribution in [0.15, 0.2) is 0 Å². The summed E-state index contributed by atoms with van der Waals surface area (Å²) in [5.74, 6) is 0.0405. The second-order valence-corrected chi connectivity index (χ2v) is 2.92. The lowest BCUT2D eigenvalue weighted by Gasteiger charge is -2.23. The zero-order chi connectivity index (χ0) is 7.40. The van der Waals surface area contributed by atoms with Gasteiger partial charge < -0.3 is 0 Å². The molecule has 1 aliphatic carbocycles. The zero-order valence-corrected chi connectivity index (χ0v) is 6.02. The van der Waals surface area contributed by atoms with Gasteiger partial charge in [-0.3, -0.25) is 0 Å². The molecule has 1 saturated carbocycles. The van der Waals surface area contributed by atoms with Gasteiger partial charge in [-0.1, -0.05) is 12.8 Å². The average Bonchev–Trinajstić information content (AvgIpc) is 1.94. The minimum absolute atomic E-state index is 0.0405. The van der Waals surface area contributed by atoms with Crippen molar-refractivity contribution in [1.29, 1.82) is 5.26 Å². The Morgan fingerprint density at radius 1 is 1.40 bits per heavy atom. The second kappa shape index (κ2) is 3.55. The predicted molar refractivity (Wildman–Crippen MR) is 37.1 cm³/mol. The van der Waals surface area contributed by atoms with Crippen LogP contribution in [0.5, 0.6) is 0 Å². The topological polar surface area (TPSA) is 23.8 Å². The van der Waals surface area contributed by atoms with Gasteiger partial charge in [-0.05, 0) is 12.8 Å². The monoisotopic (exact) mass is 141 g/mol. The van der Waals surface area contributed by atoms with E-state index in [1.54, 1.807) is 0 Å². The van der Waals surface area contributed by atoms with Crippen molar-refractivity contribution >= 4 is 0 Å². The van der Waals surface area contributed by atoms with Gasteiger partial charge in [0.1, 0.15) is 6.17 Å². The van der Waals surface area contributed by atoms with E-state index in [1.807, 2.05) is 6.07 Å².